The summed E-state index contributed by atoms with van der Waals surface area (Å²) in [5, 5.41) is 0. The van der Waals surface area contributed by atoms with Crippen LogP contribution in [0.15, 0.2) is 22.7 Å². The first-order valence-electron chi connectivity index (χ1n) is 7.55. The van der Waals surface area contributed by atoms with Gasteiger partial charge in [-0.3, -0.25) is 14.5 Å². The molecule has 2 unspecified atom stereocenters. The highest BCUT2D eigenvalue weighted by molar-refractivity contribution is 9.10. The van der Waals surface area contributed by atoms with Gasteiger partial charge in [-0.05, 0) is 55.4 Å². The fraction of sp³-hybridized carbons (Fsp3) is 0.529. The molecule has 3 nitrogen and oxygen atoms in total. The number of fused-ring (bicyclic) bond motifs is 1. The second-order valence-electron chi connectivity index (χ2n) is 6.53. The smallest absolute Gasteiger partial charge is 0.237 e. The van der Waals surface area contributed by atoms with E-state index in [-0.39, 0.29) is 23.7 Å². The number of imide groups is 1. The Morgan fingerprint density at radius 2 is 1.57 bits per heavy atom. The van der Waals surface area contributed by atoms with E-state index in [0.29, 0.717) is 17.5 Å². The average Bonchev–Trinajstić information content (AvgIpc) is 2.70. The lowest BCUT2D eigenvalue weighted by molar-refractivity contribution is -0.124. The lowest BCUT2D eigenvalue weighted by Gasteiger charge is -2.32. The van der Waals surface area contributed by atoms with E-state index in [4.69, 9.17) is 0 Å². The molecule has 1 aliphatic carbocycles. The number of aryl methyl sites for hydroxylation is 1. The molecule has 2 fully saturated rings. The monoisotopic (exact) mass is 349 g/mol. The van der Waals surface area contributed by atoms with Gasteiger partial charge >= 0.3 is 0 Å². The summed E-state index contributed by atoms with van der Waals surface area (Å²) in [7, 11) is 0. The van der Waals surface area contributed by atoms with Gasteiger partial charge in [-0.25, -0.2) is 0 Å². The number of carbonyl (C=O) groups excluding carboxylic acids is 2. The molecule has 3 rings (SSSR count). The van der Waals surface area contributed by atoms with Gasteiger partial charge in [0.1, 0.15) is 0 Å². The third-order valence-corrected chi connectivity index (χ3v) is 5.99. The summed E-state index contributed by atoms with van der Waals surface area (Å²) in [6, 6.07) is 5.66. The van der Waals surface area contributed by atoms with Crippen molar-refractivity contribution < 1.29 is 9.59 Å². The average molecular weight is 350 g/mol. The second-order valence-corrected chi connectivity index (χ2v) is 7.38. The zero-order valence-electron chi connectivity index (χ0n) is 12.6. The predicted octanol–water partition coefficient (Wildman–Crippen LogP) is 3.93. The molecule has 0 spiro atoms. The fourth-order valence-corrected chi connectivity index (χ4v) is 4.06. The highest BCUT2D eigenvalue weighted by Gasteiger charge is 2.54. The summed E-state index contributed by atoms with van der Waals surface area (Å²) in [5.74, 6) is 0.306. The summed E-state index contributed by atoms with van der Waals surface area (Å²) in [6.45, 7) is 6.17. The van der Waals surface area contributed by atoms with Crippen molar-refractivity contribution in [2.75, 3.05) is 4.90 Å². The summed E-state index contributed by atoms with van der Waals surface area (Å²) >= 11 is 3.46. The molecule has 1 saturated heterocycles. The minimum Gasteiger partial charge on any atom is -0.274 e. The van der Waals surface area contributed by atoms with Crippen LogP contribution in [0, 0.1) is 30.6 Å². The van der Waals surface area contributed by atoms with Gasteiger partial charge in [0.2, 0.25) is 11.8 Å². The molecule has 1 aliphatic heterocycles. The highest BCUT2D eigenvalue weighted by Crippen LogP contribution is 2.46. The Balaban J connectivity index is 2.02. The van der Waals surface area contributed by atoms with Gasteiger partial charge in [0.25, 0.3) is 0 Å². The molecule has 0 radical (unpaired) electrons. The van der Waals surface area contributed by atoms with Crippen molar-refractivity contribution in [3.63, 3.8) is 0 Å². The Morgan fingerprint density at radius 1 is 1.05 bits per heavy atom. The lowest BCUT2D eigenvalue weighted by atomic mass is 9.69. The van der Waals surface area contributed by atoms with Crippen LogP contribution in [0.2, 0.25) is 0 Å². The molecule has 2 aliphatic rings. The zero-order chi connectivity index (χ0) is 15.3. The first-order valence-corrected chi connectivity index (χ1v) is 8.35. The largest absolute Gasteiger partial charge is 0.274 e. The standard InChI is InChI=1S/C17H20BrNO2/c1-9-4-5-10(2)15-14(9)16(20)19(17(15)21)12-6-7-13(18)11(3)8-12/h6-10,14-15H,4-5H2,1-3H3/t9?,10?,14-,15+. The quantitative estimate of drug-likeness (QED) is 0.720. The molecule has 4 heteroatoms. The van der Waals surface area contributed by atoms with Gasteiger partial charge in [0.05, 0.1) is 17.5 Å². The van der Waals surface area contributed by atoms with Crippen molar-refractivity contribution >= 4 is 33.4 Å². The third-order valence-electron chi connectivity index (χ3n) is 5.10. The molecule has 21 heavy (non-hydrogen) atoms. The maximum atomic E-state index is 12.8. The number of halogens is 1. The zero-order valence-corrected chi connectivity index (χ0v) is 14.2. The normalized spacial score (nSPS) is 32.5. The number of hydrogen-bond acceptors (Lipinski definition) is 2. The highest BCUT2D eigenvalue weighted by atomic mass is 79.9. The Bertz CT molecular complexity index is 585. The Hall–Kier alpha value is -1.16. The molecule has 2 amide bonds. The van der Waals surface area contributed by atoms with Crippen molar-refractivity contribution in [2.24, 2.45) is 23.7 Å². The molecule has 1 aromatic carbocycles. The van der Waals surface area contributed by atoms with Gasteiger partial charge in [-0.15, -0.1) is 0 Å². The van der Waals surface area contributed by atoms with Crippen molar-refractivity contribution in [2.45, 2.75) is 33.6 Å². The van der Waals surface area contributed by atoms with E-state index in [1.54, 1.807) is 0 Å². The summed E-state index contributed by atoms with van der Waals surface area (Å²) in [5.41, 5.74) is 1.74. The molecule has 0 bridgehead atoms. The van der Waals surface area contributed by atoms with Gasteiger partial charge in [-0.1, -0.05) is 29.8 Å². The van der Waals surface area contributed by atoms with E-state index in [1.807, 2.05) is 25.1 Å². The van der Waals surface area contributed by atoms with Crippen molar-refractivity contribution in [3.05, 3.63) is 28.2 Å². The summed E-state index contributed by atoms with van der Waals surface area (Å²) < 4.78 is 0.990. The van der Waals surface area contributed by atoms with Gasteiger partial charge < -0.3 is 0 Å². The van der Waals surface area contributed by atoms with Gasteiger partial charge in [0, 0.05) is 4.47 Å². The van der Waals surface area contributed by atoms with Crippen molar-refractivity contribution in [1.82, 2.24) is 0 Å². The lowest BCUT2D eigenvalue weighted by Crippen LogP contribution is -2.34. The van der Waals surface area contributed by atoms with Crippen molar-refractivity contribution in [1.29, 1.82) is 0 Å². The van der Waals surface area contributed by atoms with Crippen LogP contribution in [0.4, 0.5) is 5.69 Å². The van der Waals surface area contributed by atoms with E-state index in [2.05, 4.69) is 29.8 Å². The molecule has 4 atom stereocenters. The summed E-state index contributed by atoms with van der Waals surface area (Å²) in [6.07, 6.45) is 2.07. The van der Waals surface area contributed by atoms with Gasteiger partial charge in [0.15, 0.2) is 0 Å². The molecule has 0 aromatic heterocycles. The minimum absolute atomic E-state index is 0.00854. The number of hydrogen-bond donors (Lipinski definition) is 0. The van der Waals surface area contributed by atoms with Crippen LogP contribution in [0.5, 0.6) is 0 Å². The van der Waals surface area contributed by atoms with E-state index in [1.165, 1.54) is 4.90 Å². The number of anilines is 1. The first-order chi connectivity index (χ1) is 9.91. The van der Waals surface area contributed by atoms with Crippen molar-refractivity contribution in [3.8, 4) is 0 Å². The predicted molar refractivity (Wildman–Crippen MR) is 85.9 cm³/mol. The maximum Gasteiger partial charge on any atom is 0.237 e. The molecular weight excluding hydrogens is 330 g/mol. The van der Waals surface area contributed by atoms with Crippen LogP contribution >= 0.6 is 15.9 Å². The van der Waals surface area contributed by atoms with Crippen LogP contribution in [-0.2, 0) is 9.59 Å². The van der Waals surface area contributed by atoms with Crippen LogP contribution < -0.4 is 4.90 Å². The molecular formula is C17H20BrNO2. The minimum atomic E-state index is -0.134. The Morgan fingerprint density at radius 3 is 2.05 bits per heavy atom. The number of rotatable bonds is 1. The molecule has 0 N–H and O–H groups in total. The Labute approximate surface area is 133 Å². The van der Waals surface area contributed by atoms with E-state index >= 15 is 0 Å². The first kappa shape index (κ1) is 14.8. The summed E-state index contributed by atoms with van der Waals surface area (Å²) in [4.78, 5) is 27.0. The molecule has 1 aromatic rings. The Kier molecular flexibility index (Phi) is 3.68. The van der Waals surface area contributed by atoms with E-state index in [9.17, 15) is 9.59 Å². The molecule has 1 saturated carbocycles. The van der Waals surface area contributed by atoms with Crippen LogP contribution in [0.25, 0.3) is 0 Å². The van der Waals surface area contributed by atoms with E-state index < -0.39 is 0 Å². The number of amides is 2. The van der Waals surface area contributed by atoms with Crippen LogP contribution in [-0.4, -0.2) is 11.8 Å². The third kappa shape index (κ3) is 2.24. The second kappa shape index (κ2) is 5.24. The van der Waals surface area contributed by atoms with E-state index in [0.717, 1.165) is 22.9 Å². The maximum absolute atomic E-state index is 12.8. The fourth-order valence-electron chi connectivity index (χ4n) is 3.82. The molecule has 112 valence electrons. The van der Waals surface area contributed by atoms with Crippen LogP contribution in [0.3, 0.4) is 0 Å². The number of benzene rings is 1. The topological polar surface area (TPSA) is 37.4 Å². The SMILES string of the molecule is Cc1cc(N2C(=O)[C@@H]3C(C)CCC(C)[C@@H]3C2=O)ccc1Br. The molecule has 1 heterocycles. The van der Waals surface area contributed by atoms with Crippen LogP contribution in [0.1, 0.15) is 32.3 Å². The number of carbonyl (C=O) groups is 2. The van der Waals surface area contributed by atoms with Gasteiger partial charge in [-0.2, -0.15) is 0 Å². The number of nitrogens with zero attached hydrogens (tertiary/aromatic N) is 1.